The van der Waals surface area contributed by atoms with Crippen LogP contribution >= 0.6 is 45.3 Å². The third kappa shape index (κ3) is 9.27. The second kappa shape index (κ2) is 21.0. The lowest BCUT2D eigenvalue weighted by molar-refractivity contribution is 0.350. The van der Waals surface area contributed by atoms with Crippen molar-refractivity contribution in [2.24, 2.45) is 5.92 Å². The van der Waals surface area contributed by atoms with E-state index >= 15 is 19.2 Å². The van der Waals surface area contributed by atoms with Crippen molar-refractivity contribution in [3.05, 3.63) is 78.9 Å². The first-order valence-corrected chi connectivity index (χ1v) is 26.5. The highest BCUT2D eigenvalue weighted by atomic mass is 32.2. The fourth-order valence-corrected chi connectivity index (χ4v) is 14.6. The summed E-state index contributed by atoms with van der Waals surface area (Å²) in [6, 6.07) is 15.1. The summed E-state index contributed by atoms with van der Waals surface area (Å²) >= 11 is 4.23. The van der Waals surface area contributed by atoms with Crippen LogP contribution in [0.1, 0.15) is 143 Å². The molecule has 0 N–H and O–H groups in total. The number of aromatic nitrogens is 2. The van der Waals surface area contributed by atoms with Gasteiger partial charge in [-0.1, -0.05) is 137 Å². The maximum Gasteiger partial charge on any atom is 0.267 e. The molecule has 1 atom stereocenters. The van der Waals surface area contributed by atoms with Crippen LogP contribution in [0.2, 0.25) is 0 Å². The van der Waals surface area contributed by atoms with E-state index in [1.807, 2.05) is 36.4 Å². The van der Waals surface area contributed by atoms with Crippen LogP contribution < -0.4 is 29.9 Å². The number of hydrogen-bond donors (Lipinski definition) is 0. The minimum Gasteiger partial charge on any atom is -0.274 e. The van der Waals surface area contributed by atoms with Crippen molar-refractivity contribution in [2.45, 2.75) is 149 Å². The molecule has 0 saturated heterocycles. The molecule has 66 heavy (non-hydrogen) atoms. The Kier molecular flexibility index (Phi) is 15.4. The first-order chi connectivity index (χ1) is 31.8. The van der Waals surface area contributed by atoms with Crippen LogP contribution in [-0.2, 0) is 12.0 Å². The molecule has 4 aromatic heterocycles. The summed E-state index contributed by atoms with van der Waals surface area (Å²) in [6.07, 6.45) is 17.7. The molecule has 0 aliphatic rings. The summed E-state index contributed by atoms with van der Waals surface area (Å²) in [4.78, 5) is 61.1. The van der Waals surface area contributed by atoms with E-state index in [-0.39, 0.29) is 61.3 Å². The SMILES string of the molecule is CCCCCCCCCCC(CCCCCCCC)Cn1c(=O)c2c3sc(=C(C#N)C#N)sc3c3c(=O)n(-c4ccc(C(C)(C)C)cc4)c(=O)c4c5sc(=C(C#N)C#N)sc5c(c1=O)c2c34. The molecule has 0 saturated carbocycles. The van der Waals surface area contributed by atoms with E-state index in [1.165, 1.54) is 49.5 Å². The summed E-state index contributed by atoms with van der Waals surface area (Å²) in [6.45, 7) is 10.8. The van der Waals surface area contributed by atoms with Gasteiger partial charge in [-0.3, -0.25) is 23.7 Å². The average Bonchev–Trinajstić information content (AvgIpc) is 3.93. The van der Waals surface area contributed by atoms with Gasteiger partial charge in [0.15, 0.2) is 11.1 Å². The molecule has 0 radical (unpaired) electrons. The van der Waals surface area contributed by atoms with Crippen LogP contribution in [0, 0.1) is 51.2 Å². The Balaban J connectivity index is 1.56. The number of hydrogen-bond acceptors (Lipinski definition) is 12. The number of nitriles is 4. The molecule has 3 aromatic carbocycles. The molecular weight excluding hydrogens is 901 g/mol. The van der Waals surface area contributed by atoms with Gasteiger partial charge in [-0.25, -0.2) is 4.57 Å². The minimum absolute atomic E-state index is 0.0312. The van der Waals surface area contributed by atoms with E-state index in [9.17, 15) is 21.0 Å². The van der Waals surface area contributed by atoms with E-state index in [0.717, 1.165) is 113 Å². The lowest BCUT2D eigenvalue weighted by Crippen LogP contribution is -2.37. The normalized spacial score (nSPS) is 12.3. The molecular formula is C52H54N6O4S4. The van der Waals surface area contributed by atoms with Gasteiger partial charge in [-0.05, 0) is 41.9 Å². The minimum atomic E-state index is -0.664. The van der Waals surface area contributed by atoms with E-state index in [2.05, 4.69) is 34.6 Å². The van der Waals surface area contributed by atoms with Crippen molar-refractivity contribution in [2.75, 3.05) is 0 Å². The Morgan fingerprint density at radius 3 is 1.21 bits per heavy atom. The first-order valence-electron chi connectivity index (χ1n) is 23.2. The molecule has 0 spiro atoms. The Morgan fingerprint density at radius 1 is 0.515 bits per heavy atom. The molecule has 0 aliphatic carbocycles. The summed E-state index contributed by atoms with van der Waals surface area (Å²) < 4.78 is 4.44. The van der Waals surface area contributed by atoms with Crippen molar-refractivity contribution in [3.8, 4) is 30.0 Å². The van der Waals surface area contributed by atoms with Gasteiger partial charge in [-0.2, -0.15) is 21.0 Å². The van der Waals surface area contributed by atoms with E-state index < -0.39 is 22.2 Å². The highest BCUT2D eigenvalue weighted by Gasteiger charge is 2.31. The number of rotatable bonds is 19. The lowest BCUT2D eigenvalue weighted by atomic mass is 9.87. The van der Waals surface area contributed by atoms with Gasteiger partial charge >= 0.3 is 0 Å². The van der Waals surface area contributed by atoms with Gasteiger partial charge in [0.2, 0.25) is 0 Å². The van der Waals surface area contributed by atoms with Crippen molar-refractivity contribution < 1.29 is 0 Å². The van der Waals surface area contributed by atoms with Gasteiger partial charge in [0.05, 0.1) is 46.0 Å². The van der Waals surface area contributed by atoms with Crippen LogP contribution in [0.5, 0.6) is 0 Å². The summed E-state index contributed by atoms with van der Waals surface area (Å²) in [7, 11) is 0. The Morgan fingerprint density at radius 2 is 0.864 bits per heavy atom. The molecule has 0 amide bonds. The van der Waals surface area contributed by atoms with Gasteiger partial charge in [0.25, 0.3) is 22.2 Å². The Bertz CT molecular complexity index is 3310. The van der Waals surface area contributed by atoms with Gasteiger partial charge in [0.1, 0.15) is 32.0 Å². The molecule has 340 valence electrons. The van der Waals surface area contributed by atoms with Crippen LogP contribution in [0.25, 0.3) is 68.0 Å². The summed E-state index contributed by atoms with van der Waals surface area (Å²) in [5.74, 6) is 0.0312. The lowest BCUT2D eigenvalue weighted by Gasteiger charge is -2.21. The fourth-order valence-electron chi connectivity index (χ4n) is 9.27. The summed E-state index contributed by atoms with van der Waals surface area (Å²) in [5.41, 5.74) is -1.69. The number of benzene rings is 3. The highest BCUT2D eigenvalue weighted by Crippen LogP contribution is 2.44. The Labute approximate surface area is 399 Å². The molecule has 10 nitrogen and oxygen atoms in total. The summed E-state index contributed by atoms with van der Waals surface area (Å²) in [5, 5.41) is 41.1. The molecule has 0 bridgehead atoms. The predicted octanol–water partition coefficient (Wildman–Crippen LogP) is 11.8. The van der Waals surface area contributed by atoms with Crippen molar-refractivity contribution in [3.63, 3.8) is 0 Å². The van der Waals surface area contributed by atoms with Gasteiger partial charge in [-0.15, -0.1) is 45.3 Å². The van der Waals surface area contributed by atoms with Crippen LogP contribution in [0.15, 0.2) is 43.4 Å². The molecule has 0 aliphatic heterocycles. The second-order valence-electron chi connectivity index (χ2n) is 18.4. The van der Waals surface area contributed by atoms with Gasteiger partial charge < -0.3 is 0 Å². The van der Waals surface area contributed by atoms with Crippen molar-refractivity contribution >= 4 is 108 Å². The number of fused-ring (bicyclic) bond motifs is 6. The van der Waals surface area contributed by atoms with E-state index in [4.69, 9.17) is 0 Å². The molecule has 14 heteroatoms. The van der Waals surface area contributed by atoms with Crippen LogP contribution in [-0.4, -0.2) is 9.13 Å². The largest absolute Gasteiger partial charge is 0.274 e. The molecule has 7 aromatic rings. The average molecular weight is 955 g/mol. The molecule has 4 heterocycles. The zero-order valence-corrected chi connectivity index (χ0v) is 41.6. The smallest absolute Gasteiger partial charge is 0.267 e. The molecule has 0 fully saturated rings. The van der Waals surface area contributed by atoms with Crippen molar-refractivity contribution in [1.82, 2.24) is 9.13 Å². The van der Waals surface area contributed by atoms with Gasteiger partial charge in [0, 0.05) is 17.3 Å². The maximum absolute atomic E-state index is 15.4. The van der Waals surface area contributed by atoms with Crippen LogP contribution in [0.4, 0.5) is 0 Å². The maximum atomic E-state index is 15.4. The highest BCUT2D eigenvalue weighted by molar-refractivity contribution is 7.38. The monoisotopic (exact) mass is 954 g/mol. The second-order valence-corrected chi connectivity index (χ2v) is 23.0. The molecule has 7 rings (SSSR count). The molecule has 1 unspecified atom stereocenters. The zero-order valence-electron chi connectivity index (χ0n) is 38.4. The zero-order chi connectivity index (χ0) is 47.3. The van der Waals surface area contributed by atoms with Crippen molar-refractivity contribution in [1.29, 1.82) is 21.0 Å². The fraction of sp³-hybridized carbons (Fsp3) is 0.462. The number of pyridine rings is 2. The Hall–Kier alpha value is -5.48. The van der Waals surface area contributed by atoms with E-state index in [1.54, 1.807) is 12.1 Å². The third-order valence-electron chi connectivity index (χ3n) is 12.8. The first kappa shape index (κ1) is 48.5. The topological polar surface area (TPSA) is 173 Å². The number of nitrogens with zero attached hydrogens (tertiary/aromatic N) is 6. The number of unbranched alkanes of at least 4 members (excludes halogenated alkanes) is 12. The van der Waals surface area contributed by atoms with E-state index in [0.29, 0.717) is 32.2 Å². The van der Waals surface area contributed by atoms with Crippen LogP contribution in [0.3, 0.4) is 0 Å². The predicted molar refractivity (Wildman–Crippen MR) is 275 cm³/mol. The quantitative estimate of drug-likeness (QED) is 0.0569. The third-order valence-corrected chi connectivity index (χ3v) is 18.1. The standard InChI is InChI=1S/C52H54N6O4S4/c1-6-8-10-12-14-15-17-19-21-31(20-18-16-13-11-9-7-2)30-57-46(59)38-36-37-40(44-42(38)63-50(65-44)32(26-53)27-54)48(61)58(35-24-22-34(23-25-35)52(3,4)5)49(62)41(37)45-43(39(36)47(57)60)64-51(66-45)33(28-55)29-56/h22-25,31H,6-21,30H2,1-5H3.